The molecule has 0 amide bonds. The Kier molecular flexibility index (Phi) is 5.44. The maximum atomic E-state index is 12.0. The molecule has 7 nitrogen and oxygen atoms in total. The number of ether oxygens (including phenoxy) is 2. The van der Waals surface area contributed by atoms with Crippen LogP contribution in [-0.2, 0) is 19.1 Å². The van der Waals surface area contributed by atoms with Crippen LogP contribution in [0.15, 0.2) is 52.6 Å². The van der Waals surface area contributed by atoms with Crippen LogP contribution in [0, 0.1) is 13.8 Å². The van der Waals surface area contributed by atoms with Gasteiger partial charge in [-0.1, -0.05) is 12.1 Å². The first-order valence-corrected chi connectivity index (χ1v) is 8.55. The van der Waals surface area contributed by atoms with E-state index in [9.17, 15) is 9.59 Å². The van der Waals surface area contributed by atoms with Crippen molar-refractivity contribution in [2.75, 3.05) is 19.5 Å². The first-order valence-electron chi connectivity index (χ1n) is 8.55. The van der Waals surface area contributed by atoms with E-state index in [1.807, 2.05) is 38.1 Å². The number of aryl methyl sites for hydroxylation is 1. The molecule has 0 saturated carbocycles. The van der Waals surface area contributed by atoms with Crippen molar-refractivity contribution in [3.63, 3.8) is 0 Å². The molecule has 0 saturated heterocycles. The molecule has 0 aliphatic rings. The smallest absolute Gasteiger partial charge is 0.354 e. The highest BCUT2D eigenvalue weighted by atomic mass is 16.5. The van der Waals surface area contributed by atoms with Gasteiger partial charge in [0.25, 0.3) is 0 Å². The number of rotatable bonds is 5. The molecular formula is C21H20N2O5. The molecular weight excluding hydrogens is 360 g/mol. The number of fused-ring (bicyclic) bond motifs is 1. The highest BCUT2D eigenvalue weighted by molar-refractivity contribution is 5.99. The van der Waals surface area contributed by atoms with Gasteiger partial charge < -0.3 is 19.2 Å². The van der Waals surface area contributed by atoms with Crippen LogP contribution in [0.5, 0.6) is 0 Å². The van der Waals surface area contributed by atoms with Crippen LogP contribution >= 0.6 is 0 Å². The minimum absolute atomic E-state index is 0.0391. The van der Waals surface area contributed by atoms with Gasteiger partial charge in [-0.3, -0.25) is 0 Å². The molecule has 1 N–H and O–H groups in total. The average molecular weight is 380 g/mol. The fourth-order valence-electron chi connectivity index (χ4n) is 2.73. The van der Waals surface area contributed by atoms with E-state index in [0.29, 0.717) is 17.2 Å². The summed E-state index contributed by atoms with van der Waals surface area (Å²) in [4.78, 5) is 28.1. The number of carbonyl (C=O) groups excluding carboxylic acids is 2. The molecule has 3 rings (SSSR count). The number of methoxy groups -OCH3 is 2. The van der Waals surface area contributed by atoms with Crippen LogP contribution in [-0.4, -0.2) is 31.1 Å². The molecule has 0 atom stereocenters. The number of anilines is 1. The Labute approximate surface area is 162 Å². The van der Waals surface area contributed by atoms with Crippen LogP contribution in [0.4, 0.5) is 5.69 Å². The van der Waals surface area contributed by atoms with Gasteiger partial charge in [-0.25, -0.2) is 14.6 Å². The molecule has 144 valence electrons. The summed E-state index contributed by atoms with van der Waals surface area (Å²) in [6.45, 7) is 3.86. The normalized spacial score (nSPS) is 11.4. The third-order valence-corrected chi connectivity index (χ3v) is 4.25. The lowest BCUT2D eigenvalue weighted by molar-refractivity contribution is -0.138. The predicted molar refractivity (Wildman–Crippen MR) is 105 cm³/mol. The van der Waals surface area contributed by atoms with Crippen molar-refractivity contribution < 1.29 is 23.5 Å². The maximum absolute atomic E-state index is 12.0. The fraction of sp³-hybridized carbons (Fsp3) is 0.190. The van der Waals surface area contributed by atoms with E-state index >= 15 is 0 Å². The van der Waals surface area contributed by atoms with Gasteiger partial charge in [-0.2, -0.15) is 0 Å². The van der Waals surface area contributed by atoms with Gasteiger partial charge in [0.2, 0.25) is 5.89 Å². The van der Waals surface area contributed by atoms with Gasteiger partial charge in [0, 0.05) is 11.3 Å². The fourth-order valence-corrected chi connectivity index (χ4v) is 2.73. The second kappa shape index (κ2) is 7.96. The molecule has 3 aromatic rings. The molecule has 0 radical (unpaired) electrons. The highest BCUT2D eigenvalue weighted by Gasteiger charge is 2.17. The molecule has 2 aromatic carbocycles. The minimum Gasteiger partial charge on any atom is -0.466 e. The van der Waals surface area contributed by atoms with Gasteiger partial charge >= 0.3 is 11.9 Å². The van der Waals surface area contributed by atoms with Crippen molar-refractivity contribution >= 4 is 28.7 Å². The second-order valence-electron chi connectivity index (χ2n) is 6.17. The van der Waals surface area contributed by atoms with E-state index in [0.717, 1.165) is 28.3 Å². The third kappa shape index (κ3) is 3.88. The quantitative estimate of drug-likeness (QED) is 0.532. The molecule has 0 aliphatic heterocycles. The Hall–Kier alpha value is -3.61. The van der Waals surface area contributed by atoms with Crippen molar-refractivity contribution in [2.24, 2.45) is 0 Å². The van der Waals surface area contributed by atoms with Gasteiger partial charge in [0.1, 0.15) is 11.2 Å². The number of nitrogens with one attached hydrogen (secondary N) is 1. The molecule has 0 aliphatic carbocycles. The summed E-state index contributed by atoms with van der Waals surface area (Å²) in [5.41, 5.74) is 4.69. The summed E-state index contributed by atoms with van der Waals surface area (Å²) in [5.74, 6) is -0.887. The van der Waals surface area contributed by atoms with Crippen molar-refractivity contribution in [3.05, 3.63) is 59.3 Å². The first-order chi connectivity index (χ1) is 13.4. The summed E-state index contributed by atoms with van der Waals surface area (Å²) >= 11 is 0. The number of hydrogen-bond donors (Lipinski definition) is 1. The SMILES string of the molecule is COC(=O)/C=C(/Nc1cccc(-c2nc3cc(C)ccc3o2)c1C)C(=O)OC. The predicted octanol–water partition coefficient (Wildman–Crippen LogP) is 3.75. The number of benzene rings is 2. The first kappa shape index (κ1) is 19.2. The summed E-state index contributed by atoms with van der Waals surface area (Å²) in [6, 6.07) is 11.3. The number of nitrogens with zero attached hydrogens (tertiary/aromatic N) is 1. The highest BCUT2D eigenvalue weighted by Crippen LogP contribution is 2.31. The Bertz CT molecular complexity index is 1080. The minimum atomic E-state index is -0.687. The van der Waals surface area contributed by atoms with Gasteiger partial charge in [-0.15, -0.1) is 0 Å². The molecule has 0 bridgehead atoms. The summed E-state index contributed by atoms with van der Waals surface area (Å²) < 4.78 is 15.2. The number of oxazole rings is 1. The molecule has 28 heavy (non-hydrogen) atoms. The zero-order valence-corrected chi connectivity index (χ0v) is 16.0. The number of hydrogen-bond acceptors (Lipinski definition) is 7. The van der Waals surface area contributed by atoms with E-state index in [4.69, 9.17) is 9.15 Å². The van der Waals surface area contributed by atoms with E-state index in [1.165, 1.54) is 14.2 Å². The standard InChI is InChI=1S/C21H20N2O5/c1-12-8-9-18-16(10-12)23-20(28-18)14-6-5-7-15(13(14)2)22-17(21(25)27-4)11-19(24)26-3/h5-11,22H,1-4H3/b17-11+. The Morgan fingerprint density at radius 1 is 1.11 bits per heavy atom. The topological polar surface area (TPSA) is 90.7 Å². The third-order valence-electron chi connectivity index (χ3n) is 4.25. The average Bonchev–Trinajstić information content (AvgIpc) is 3.10. The number of aromatic nitrogens is 1. The van der Waals surface area contributed by atoms with Gasteiger partial charge in [0.05, 0.1) is 20.3 Å². The molecule has 0 unspecified atom stereocenters. The lowest BCUT2D eigenvalue weighted by Crippen LogP contribution is -2.16. The Morgan fingerprint density at radius 2 is 1.89 bits per heavy atom. The largest absolute Gasteiger partial charge is 0.466 e. The zero-order valence-electron chi connectivity index (χ0n) is 16.0. The van der Waals surface area contributed by atoms with E-state index in [-0.39, 0.29) is 5.70 Å². The summed E-state index contributed by atoms with van der Waals surface area (Å²) in [5, 5.41) is 2.93. The monoisotopic (exact) mass is 380 g/mol. The summed E-state index contributed by atoms with van der Waals surface area (Å²) in [6.07, 6.45) is 1.04. The van der Waals surface area contributed by atoms with E-state index < -0.39 is 11.9 Å². The van der Waals surface area contributed by atoms with Crippen LogP contribution in [0.1, 0.15) is 11.1 Å². The van der Waals surface area contributed by atoms with Gasteiger partial charge in [-0.05, 0) is 49.2 Å². The Balaban J connectivity index is 2.00. The number of esters is 2. The second-order valence-corrected chi connectivity index (χ2v) is 6.17. The van der Waals surface area contributed by atoms with Crippen molar-refractivity contribution in [1.82, 2.24) is 4.98 Å². The zero-order chi connectivity index (χ0) is 20.3. The molecule has 7 heteroatoms. The lowest BCUT2D eigenvalue weighted by atomic mass is 10.1. The van der Waals surface area contributed by atoms with Crippen LogP contribution in [0.2, 0.25) is 0 Å². The van der Waals surface area contributed by atoms with Crippen LogP contribution in [0.25, 0.3) is 22.6 Å². The molecule has 1 heterocycles. The lowest BCUT2D eigenvalue weighted by Gasteiger charge is -2.13. The van der Waals surface area contributed by atoms with E-state index in [1.54, 1.807) is 12.1 Å². The van der Waals surface area contributed by atoms with E-state index in [2.05, 4.69) is 15.0 Å². The van der Waals surface area contributed by atoms with Crippen molar-refractivity contribution in [3.8, 4) is 11.5 Å². The number of carbonyl (C=O) groups is 2. The Morgan fingerprint density at radius 3 is 2.61 bits per heavy atom. The van der Waals surface area contributed by atoms with Crippen LogP contribution in [0.3, 0.4) is 0 Å². The van der Waals surface area contributed by atoms with Crippen LogP contribution < -0.4 is 5.32 Å². The summed E-state index contributed by atoms with van der Waals surface area (Å²) in [7, 11) is 2.47. The molecule has 0 fully saturated rings. The maximum Gasteiger partial charge on any atom is 0.354 e. The van der Waals surface area contributed by atoms with Crippen molar-refractivity contribution in [1.29, 1.82) is 0 Å². The molecule has 0 spiro atoms. The van der Waals surface area contributed by atoms with Gasteiger partial charge in [0.15, 0.2) is 5.58 Å². The molecule has 1 aromatic heterocycles. The van der Waals surface area contributed by atoms with Crippen molar-refractivity contribution in [2.45, 2.75) is 13.8 Å².